The van der Waals surface area contributed by atoms with Crippen LogP contribution in [0.4, 0.5) is 9.18 Å². The summed E-state index contributed by atoms with van der Waals surface area (Å²) >= 11 is 0. The SMILES string of the molecule is CCn1c(=O)n(N(Cc2ccccc2)Cc2ccccc2)c(=O)c2cc(F)c([C@](C)(CNC(=O)OC(C)(C)C)C3CCNC3)cc21. The molecule has 9 nitrogen and oxygen atoms in total. The molecule has 1 aliphatic rings. The predicted octanol–water partition coefficient (Wildman–Crippen LogP) is 5.05. The van der Waals surface area contributed by atoms with Crippen molar-refractivity contribution >= 4 is 17.0 Å². The average molecular weight is 630 g/mol. The highest BCUT2D eigenvalue weighted by atomic mass is 19.1. The smallest absolute Gasteiger partial charge is 0.407 e. The molecule has 4 aromatic rings. The topological polar surface area (TPSA) is 97.6 Å². The second-order valence-corrected chi connectivity index (χ2v) is 13.2. The standard InChI is InChI=1S/C36H44FN5O4/c1-6-41-31-20-29(36(5,27-17-18-38-21-27)24-39-33(44)46-35(2,3)4)30(37)19-28(31)32(43)42(34(41)45)40(22-25-13-9-7-10-14-25)23-26-15-11-8-12-16-26/h7-16,19-20,27,38H,6,17-18,21-24H2,1-5H3,(H,39,44)/t27?,36-/m1/s1. The van der Waals surface area contributed by atoms with Gasteiger partial charge in [-0.3, -0.25) is 14.4 Å². The van der Waals surface area contributed by atoms with E-state index in [-0.39, 0.29) is 24.4 Å². The summed E-state index contributed by atoms with van der Waals surface area (Å²) in [5, 5.41) is 8.03. The molecule has 0 aliphatic carbocycles. The number of hydrogen-bond acceptors (Lipinski definition) is 6. The van der Waals surface area contributed by atoms with Gasteiger partial charge in [-0.15, -0.1) is 0 Å². The van der Waals surface area contributed by atoms with Crippen molar-refractivity contribution in [3.05, 3.63) is 116 Å². The zero-order chi connectivity index (χ0) is 33.1. The van der Waals surface area contributed by atoms with Crippen LogP contribution < -0.4 is 26.9 Å². The van der Waals surface area contributed by atoms with Gasteiger partial charge in [0.25, 0.3) is 5.56 Å². The number of rotatable bonds is 10. The molecule has 1 amide bonds. The molecule has 1 unspecified atom stereocenters. The zero-order valence-corrected chi connectivity index (χ0v) is 27.3. The quantitative estimate of drug-likeness (QED) is 0.255. The summed E-state index contributed by atoms with van der Waals surface area (Å²) in [7, 11) is 0. The highest BCUT2D eigenvalue weighted by Crippen LogP contribution is 2.38. The van der Waals surface area contributed by atoms with Crippen LogP contribution in [0, 0.1) is 11.7 Å². The van der Waals surface area contributed by atoms with Gasteiger partial charge in [0, 0.05) is 18.5 Å². The lowest BCUT2D eigenvalue weighted by Crippen LogP contribution is -2.52. The van der Waals surface area contributed by atoms with E-state index in [0.29, 0.717) is 30.7 Å². The van der Waals surface area contributed by atoms with Gasteiger partial charge < -0.3 is 15.4 Å². The Balaban J connectivity index is 1.64. The van der Waals surface area contributed by atoms with Crippen molar-refractivity contribution in [1.82, 2.24) is 19.9 Å². The number of alkyl carbamates (subject to hydrolysis) is 1. The van der Waals surface area contributed by atoms with Gasteiger partial charge in [-0.2, -0.15) is 4.68 Å². The van der Waals surface area contributed by atoms with E-state index in [1.807, 2.05) is 74.5 Å². The Bertz CT molecular complexity index is 1750. The molecular weight excluding hydrogens is 585 g/mol. The van der Waals surface area contributed by atoms with Crippen LogP contribution in [0.2, 0.25) is 0 Å². The Morgan fingerprint density at radius 1 is 1.00 bits per heavy atom. The third-order valence-corrected chi connectivity index (χ3v) is 8.80. The Morgan fingerprint density at radius 3 is 2.13 bits per heavy atom. The number of aromatic nitrogens is 2. The van der Waals surface area contributed by atoms with Gasteiger partial charge in [0.15, 0.2) is 0 Å². The molecular formula is C36H44FN5O4. The number of fused-ring (bicyclic) bond motifs is 1. The first-order valence-electron chi connectivity index (χ1n) is 15.9. The van der Waals surface area contributed by atoms with Gasteiger partial charge in [0.2, 0.25) is 0 Å². The molecule has 1 fully saturated rings. The summed E-state index contributed by atoms with van der Waals surface area (Å²) in [5.74, 6) is -0.570. The second-order valence-electron chi connectivity index (χ2n) is 13.2. The largest absolute Gasteiger partial charge is 0.444 e. The third-order valence-electron chi connectivity index (χ3n) is 8.80. The molecule has 46 heavy (non-hydrogen) atoms. The summed E-state index contributed by atoms with van der Waals surface area (Å²) in [6.45, 7) is 11.5. The number of carbonyl (C=O) groups is 1. The number of carbonyl (C=O) groups excluding carboxylic acids is 1. The van der Waals surface area contributed by atoms with Crippen molar-refractivity contribution in [2.45, 2.75) is 71.7 Å². The fourth-order valence-corrected chi connectivity index (χ4v) is 6.38. The minimum atomic E-state index is -0.852. The summed E-state index contributed by atoms with van der Waals surface area (Å²) in [6.07, 6.45) is 0.191. The minimum absolute atomic E-state index is 0.0104. The van der Waals surface area contributed by atoms with Gasteiger partial charge in [-0.25, -0.2) is 14.0 Å². The van der Waals surface area contributed by atoms with Gasteiger partial charge in [-0.05, 0) is 81.9 Å². The van der Waals surface area contributed by atoms with E-state index in [9.17, 15) is 14.4 Å². The lowest BCUT2D eigenvalue weighted by molar-refractivity contribution is 0.0507. The normalized spacial score (nSPS) is 16.3. The fourth-order valence-electron chi connectivity index (χ4n) is 6.38. The van der Waals surface area contributed by atoms with Crippen LogP contribution in [-0.4, -0.2) is 40.6 Å². The molecule has 0 bridgehead atoms. The molecule has 2 N–H and O–H groups in total. The molecule has 2 heterocycles. The summed E-state index contributed by atoms with van der Waals surface area (Å²) in [4.78, 5) is 41.1. The van der Waals surface area contributed by atoms with E-state index in [1.54, 1.807) is 31.8 Å². The highest BCUT2D eigenvalue weighted by Gasteiger charge is 2.40. The lowest BCUT2D eigenvalue weighted by atomic mass is 9.70. The minimum Gasteiger partial charge on any atom is -0.444 e. The first-order chi connectivity index (χ1) is 21.9. The Kier molecular flexibility index (Phi) is 9.67. The first kappa shape index (κ1) is 32.9. The van der Waals surface area contributed by atoms with Crippen LogP contribution in [0.15, 0.2) is 82.4 Å². The zero-order valence-electron chi connectivity index (χ0n) is 27.3. The maximum absolute atomic E-state index is 16.4. The molecule has 3 aromatic carbocycles. The van der Waals surface area contributed by atoms with Gasteiger partial charge in [0.05, 0.1) is 24.0 Å². The van der Waals surface area contributed by atoms with Crippen molar-refractivity contribution in [1.29, 1.82) is 0 Å². The second kappa shape index (κ2) is 13.5. The number of benzene rings is 3. The number of amides is 1. The van der Waals surface area contributed by atoms with Crippen molar-refractivity contribution < 1.29 is 13.9 Å². The fraction of sp³-hybridized carbons (Fsp3) is 0.417. The van der Waals surface area contributed by atoms with E-state index in [4.69, 9.17) is 4.74 Å². The van der Waals surface area contributed by atoms with Crippen molar-refractivity contribution in [3.8, 4) is 0 Å². The predicted molar refractivity (Wildman–Crippen MR) is 179 cm³/mol. The molecule has 1 aromatic heterocycles. The van der Waals surface area contributed by atoms with E-state index in [1.165, 1.54) is 10.6 Å². The molecule has 2 atom stereocenters. The van der Waals surface area contributed by atoms with Crippen LogP contribution in [0.3, 0.4) is 0 Å². The highest BCUT2D eigenvalue weighted by molar-refractivity contribution is 5.79. The van der Waals surface area contributed by atoms with Crippen LogP contribution in [0.5, 0.6) is 0 Å². The van der Waals surface area contributed by atoms with Crippen LogP contribution in [0.1, 0.15) is 57.7 Å². The number of nitrogens with zero attached hydrogens (tertiary/aromatic N) is 3. The van der Waals surface area contributed by atoms with Crippen molar-refractivity contribution in [2.24, 2.45) is 5.92 Å². The van der Waals surface area contributed by atoms with Gasteiger partial charge >= 0.3 is 11.8 Å². The molecule has 5 rings (SSSR count). The number of aryl methyl sites for hydroxylation is 1. The van der Waals surface area contributed by atoms with Gasteiger partial charge in [-0.1, -0.05) is 67.6 Å². The Morgan fingerprint density at radius 2 is 1.61 bits per heavy atom. The summed E-state index contributed by atoms with van der Waals surface area (Å²) in [6, 6.07) is 22.1. The molecule has 0 spiro atoms. The van der Waals surface area contributed by atoms with Crippen LogP contribution >= 0.6 is 0 Å². The van der Waals surface area contributed by atoms with E-state index < -0.39 is 34.2 Å². The number of nitrogens with one attached hydrogen (secondary N) is 2. The van der Waals surface area contributed by atoms with Crippen LogP contribution in [-0.2, 0) is 29.8 Å². The molecule has 0 saturated carbocycles. The van der Waals surface area contributed by atoms with E-state index >= 15 is 4.39 Å². The number of ether oxygens (including phenoxy) is 1. The maximum Gasteiger partial charge on any atom is 0.407 e. The number of halogens is 1. The Hall–Kier alpha value is -4.44. The first-order valence-corrected chi connectivity index (χ1v) is 15.9. The average Bonchev–Trinajstić information content (AvgIpc) is 3.57. The molecule has 244 valence electrons. The number of hydrogen-bond donors (Lipinski definition) is 2. The molecule has 1 saturated heterocycles. The molecule has 0 radical (unpaired) electrons. The van der Waals surface area contributed by atoms with E-state index in [0.717, 1.165) is 28.8 Å². The lowest BCUT2D eigenvalue weighted by Gasteiger charge is -2.37. The van der Waals surface area contributed by atoms with E-state index in [2.05, 4.69) is 10.6 Å². The third kappa shape index (κ3) is 7.02. The van der Waals surface area contributed by atoms with Crippen LogP contribution in [0.25, 0.3) is 10.9 Å². The molecule has 10 heteroatoms. The Labute approximate surface area is 269 Å². The summed E-state index contributed by atoms with van der Waals surface area (Å²) in [5.41, 5.74) is -0.0723. The van der Waals surface area contributed by atoms with Crippen molar-refractivity contribution in [3.63, 3.8) is 0 Å². The maximum atomic E-state index is 16.4. The molecule has 1 aliphatic heterocycles. The monoisotopic (exact) mass is 629 g/mol. The van der Waals surface area contributed by atoms with Crippen molar-refractivity contribution in [2.75, 3.05) is 24.6 Å². The summed E-state index contributed by atoms with van der Waals surface area (Å²) < 4.78 is 24.5. The van der Waals surface area contributed by atoms with Gasteiger partial charge in [0.1, 0.15) is 11.4 Å².